The Kier molecular flexibility index (Phi) is 12.3. The number of carbonyl (C=O) groups excluding carboxylic acids is 1. The van der Waals surface area contributed by atoms with Gasteiger partial charge in [0.15, 0.2) is 0 Å². The normalized spacial score (nSPS) is 10.9. The summed E-state index contributed by atoms with van der Waals surface area (Å²) in [6, 6.07) is 17.7. The number of unbranched alkanes of at least 4 members (excludes halogenated alkanes) is 7. The van der Waals surface area contributed by atoms with Gasteiger partial charge in [-0.3, -0.25) is 9.59 Å². The molecule has 0 unspecified atom stereocenters. The number of carboxylic acid groups (broad SMARTS) is 1. The molecule has 2 rings (SSSR count). The summed E-state index contributed by atoms with van der Waals surface area (Å²) in [5.41, 5.74) is 2.04. The second-order valence-corrected chi connectivity index (χ2v) is 7.94. The molecule has 0 aliphatic rings. The number of hydrogen-bond donors (Lipinski definition) is 2. The molecule has 5 nitrogen and oxygen atoms in total. The second kappa shape index (κ2) is 15.7. The van der Waals surface area contributed by atoms with Crippen molar-refractivity contribution in [1.29, 1.82) is 0 Å². The van der Waals surface area contributed by atoms with E-state index in [0.717, 1.165) is 61.8 Å². The van der Waals surface area contributed by atoms with Crippen molar-refractivity contribution in [3.8, 4) is 5.75 Å². The van der Waals surface area contributed by atoms with E-state index in [-0.39, 0.29) is 12.3 Å². The fraction of sp³-hybridized carbons (Fsp3) is 0.407. The number of amides is 1. The molecule has 0 saturated carbocycles. The Balaban J connectivity index is 1.54. The van der Waals surface area contributed by atoms with Crippen molar-refractivity contribution in [2.24, 2.45) is 0 Å². The SMILES string of the molecule is O=C(O)CCCCCCCCCCNC(=O)/C=C/c1cccc(OCc2ccccc2)c1. The van der Waals surface area contributed by atoms with E-state index in [9.17, 15) is 9.59 Å². The summed E-state index contributed by atoms with van der Waals surface area (Å²) in [6.45, 7) is 1.20. The van der Waals surface area contributed by atoms with Gasteiger partial charge in [0.25, 0.3) is 0 Å². The molecule has 32 heavy (non-hydrogen) atoms. The number of nitrogens with one attached hydrogen (secondary N) is 1. The van der Waals surface area contributed by atoms with E-state index in [1.165, 1.54) is 6.42 Å². The predicted octanol–water partition coefficient (Wildman–Crippen LogP) is 5.99. The highest BCUT2D eigenvalue weighted by atomic mass is 16.5. The Bertz CT molecular complexity index is 833. The molecule has 0 fully saturated rings. The van der Waals surface area contributed by atoms with Crippen molar-refractivity contribution in [3.63, 3.8) is 0 Å². The molecule has 2 aromatic carbocycles. The summed E-state index contributed by atoms with van der Waals surface area (Å²) >= 11 is 0. The maximum Gasteiger partial charge on any atom is 0.303 e. The van der Waals surface area contributed by atoms with Crippen LogP contribution in [0.1, 0.15) is 68.9 Å². The first-order valence-electron chi connectivity index (χ1n) is 11.6. The maximum absolute atomic E-state index is 12.0. The van der Waals surface area contributed by atoms with E-state index in [2.05, 4.69) is 5.32 Å². The molecule has 2 N–H and O–H groups in total. The third-order valence-electron chi connectivity index (χ3n) is 5.15. The van der Waals surface area contributed by atoms with Gasteiger partial charge in [0.2, 0.25) is 5.91 Å². The number of hydrogen-bond acceptors (Lipinski definition) is 3. The van der Waals surface area contributed by atoms with E-state index >= 15 is 0 Å². The van der Waals surface area contributed by atoms with Gasteiger partial charge in [-0.15, -0.1) is 0 Å². The number of aliphatic carboxylic acids is 1. The fourth-order valence-electron chi connectivity index (χ4n) is 3.35. The summed E-state index contributed by atoms with van der Waals surface area (Å²) in [5, 5.41) is 11.5. The van der Waals surface area contributed by atoms with E-state index < -0.39 is 5.97 Å². The van der Waals surface area contributed by atoms with Crippen LogP contribution in [0.4, 0.5) is 0 Å². The molecular formula is C27H35NO4. The summed E-state index contributed by atoms with van der Waals surface area (Å²) in [7, 11) is 0. The van der Waals surface area contributed by atoms with Crippen LogP contribution in [0.2, 0.25) is 0 Å². The third kappa shape index (κ3) is 11.9. The molecule has 5 heteroatoms. The highest BCUT2D eigenvalue weighted by Gasteiger charge is 1.99. The molecule has 2 aromatic rings. The lowest BCUT2D eigenvalue weighted by molar-refractivity contribution is -0.137. The monoisotopic (exact) mass is 437 g/mol. The largest absolute Gasteiger partial charge is 0.489 e. The van der Waals surface area contributed by atoms with Crippen LogP contribution in [0.25, 0.3) is 6.08 Å². The molecule has 0 saturated heterocycles. The van der Waals surface area contributed by atoms with Crippen LogP contribution in [-0.4, -0.2) is 23.5 Å². The molecule has 172 valence electrons. The zero-order valence-corrected chi connectivity index (χ0v) is 18.8. The number of carbonyl (C=O) groups is 2. The minimum absolute atomic E-state index is 0.0842. The predicted molar refractivity (Wildman–Crippen MR) is 128 cm³/mol. The van der Waals surface area contributed by atoms with E-state index in [1.54, 1.807) is 12.2 Å². The number of benzene rings is 2. The van der Waals surface area contributed by atoms with Crippen LogP contribution < -0.4 is 10.1 Å². The van der Waals surface area contributed by atoms with Crippen molar-refractivity contribution in [2.75, 3.05) is 6.54 Å². The van der Waals surface area contributed by atoms with Gasteiger partial charge in [0, 0.05) is 19.0 Å². The Morgan fingerprint density at radius 1 is 0.844 bits per heavy atom. The highest BCUT2D eigenvalue weighted by molar-refractivity contribution is 5.91. The minimum atomic E-state index is -0.705. The van der Waals surface area contributed by atoms with E-state index in [1.807, 2.05) is 54.6 Å². The minimum Gasteiger partial charge on any atom is -0.489 e. The molecular weight excluding hydrogens is 402 g/mol. The maximum atomic E-state index is 12.0. The molecule has 0 heterocycles. The summed E-state index contributed by atoms with van der Waals surface area (Å²) in [6.07, 6.45) is 12.1. The molecule has 0 aromatic heterocycles. The summed E-state index contributed by atoms with van der Waals surface area (Å²) in [4.78, 5) is 22.5. The van der Waals surface area contributed by atoms with Gasteiger partial charge in [-0.25, -0.2) is 0 Å². The van der Waals surface area contributed by atoms with Gasteiger partial charge in [-0.1, -0.05) is 81.0 Å². The van der Waals surface area contributed by atoms with Crippen molar-refractivity contribution in [1.82, 2.24) is 5.32 Å². The first-order valence-corrected chi connectivity index (χ1v) is 11.6. The smallest absolute Gasteiger partial charge is 0.303 e. The zero-order valence-electron chi connectivity index (χ0n) is 18.8. The van der Waals surface area contributed by atoms with Crippen LogP contribution in [0, 0.1) is 0 Å². The van der Waals surface area contributed by atoms with Crippen molar-refractivity contribution >= 4 is 18.0 Å². The van der Waals surface area contributed by atoms with Crippen LogP contribution in [0.15, 0.2) is 60.7 Å². The zero-order chi connectivity index (χ0) is 22.9. The molecule has 0 aliphatic carbocycles. The summed E-state index contributed by atoms with van der Waals surface area (Å²) < 4.78 is 5.83. The lowest BCUT2D eigenvalue weighted by Crippen LogP contribution is -2.21. The van der Waals surface area contributed by atoms with Gasteiger partial charge in [-0.05, 0) is 42.2 Å². The Morgan fingerprint density at radius 2 is 1.53 bits per heavy atom. The Labute approximate surface area is 191 Å². The van der Waals surface area contributed by atoms with E-state index in [0.29, 0.717) is 13.2 Å². The lowest BCUT2D eigenvalue weighted by Gasteiger charge is -2.07. The molecule has 0 bridgehead atoms. The van der Waals surface area contributed by atoms with Gasteiger partial charge in [0.1, 0.15) is 12.4 Å². The lowest BCUT2D eigenvalue weighted by atomic mass is 10.1. The van der Waals surface area contributed by atoms with Gasteiger partial charge >= 0.3 is 5.97 Å². The highest BCUT2D eigenvalue weighted by Crippen LogP contribution is 2.16. The summed E-state index contributed by atoms with van der Waals surface area (Å²) in [5.74, 6) is -0.0133. The van der Waals surface area contributed by atoms with Crippen LogP contribution in [-0.2, 0) is 16.2 Å². The van der Waals surface area contributed by atoms with Gasteiger partial charge in [-0.2, -0.15) is 0 Å². The first kappa shape index (κ1) is 25.2. The van der Waals surface area contributed by atoms with Gasteiger partial charge in [0.05, 0.1) is 0 Å². The average Bonchev–Trinajstić information content (AvgIpc) is 2.80. The first-order chi connectivity index (χ1) is 15.6. The van der Waals surface area contributed by atoms with Crippen LogP contribution >= 0.6 is 0 Å². The Morgan fingerprint density at radius 3 is 2.25 bits per heavy atom. The van der Waals surface area contributed by atoms with Crippen molar-refractivity contribution < 1.29 is 19.4 Å². The van der Waals surface area contributed by atoms with E-state index in [4.69, 9.17) is 9.84 Å². The molecule has 0 radical (unpaired) electrons. The number of carboxylic acids is 1. The third-order valence-corrected chi connectivity index (χ3v) is 5.15. The second-order valence-electron chi connectivity index (χ2n) is 7.94. The quantitative estimate of drug-likeness (QED) is 0.250. The van der Waals surface area contributed by atoms with Crippen LogP contribution in [0.5, 0.6) is 5.75 Å². The van der Waals surface area contributed by atoms with Crippen molar-refractivity contribution in [2.45, 2.75) is 64.4 Å². The molecule has 0 spiro atoms. The molecule has 0 aliphatic heterocycles. The molecule has 1 amide bonds. The standard InChI is InChI=1S/C27H35NO4/c29-26(28-20-11-6-4-2-1-3-5-10-17-27(30)31)19-18-23-15-12-16-25(21-23)32-22-24-13-8-7-9-14-24/h7-9,12-16,18-19,21H,1-6,10-11,17,20,22H2,(H,28,29)(H,30,31)/b19-18+. The van der Waals surface area contributed by atoms with Crippen molar-refractivity contribution in [3.05, 3.63) is 71.8 Å². The average molecular weight is 438 g/mol. The number of ether oxygens (including phenoxy) is 1. The molecule has 0 atom stereocenters. The topological polar surface area (TPSA) is 75.6 Å². The fourth-order valence-corrected chi connectivity index (χ4v) is 3.35. The Hall–Kier alpha value is -3.08. The van der Waals surface area contributed by atoms with Gasteiger partial charge < -0.3 is 15.2 Å². The number of rotatable bonds is 16. The van der Waals surface area contributed by atoms with Crippen LogP contribution in [0.3, 0.4) is 0 Å².